The number of carboxylic acid groups (broad SMARTS) is 1. The number of hydrogen-bond acceptors (Lipinski definition) is 16. The number of carbonyl (C=O) groups is 6. The van der Waals surface area contributed by atoms with Gasteiger partial charge in [-0.1, -0.05) is 24.3 Å². The zero-order valence-corrected chi connectivity index (χ0v) is 47.8. The lowest BCUT2D eigenvalue weighted by Gasteiger charge is -2.36. The van der Waals surface area contributed by atoms with Crippen LogP contribution >= 0.6 is 0 Å². The summed E-state index contributed by atoms with van der Waals surface area (Å²) in [6.45, 7) is 16.1. The molecule has 4 aliphatic heterocycles. The number of amides is 5. The third-order valence-electron chi connectivity index (χ3n) is 13.2. The Bertz CT molecular complexity index is 2870. The van der Waals surface area contributed by atoms with Gasteiger partial charge in [-0.25, -0.2) is 28.0 Å². The molecule has 2 atom stereocenters. The molecule has 25 heteroatoms. The SMILES string of the molecule is CC(C)(C)OC(=O)NC[C@H]1CN(c2ccc(N3CCN(C(=O)CCCc4ccc([N+](=O)[O-])cc4)CC3)c(F)c2)C(=O)O1.CC(C)(C)OC(=O)NC[C@H]1CN(c2ccc(N3CCNCC3)c(F)c2)C(=O)O1.Nc1ccc(CCCC(=O)O)cc1. The Balaban J connectivity index is 0.000000230. The van der Waals surface area contributed by atoms with Gasteiger partial charge in [0, 0.05) is 83.0 Å². The van der Waals surface area contributed by atoms with Crippen LogP contribution in [0, 0.1) is 21.7 Å². The molecule has 4 aromatic carbocycles. The Morgan fingerprint density at radius 3 is 1.53 bits per heavy atom. The summed E-state index contributed by atoms with van der Waals surface area (Å²) in [7, 11) is 0. The van der Waals surface area contributed by atoms with Gasteiger partial charge in [0.15, 0.2) is 0 Å². The number of carbonyl (C=O) groups excluding carboxylic acids is 5. The number of carboxylic acids is 1. The summed E-state index contributed by atoms with van der Waals surface area (Å²) in [6.07, 6.45) is -0.176. The Hall–Kier alpha value is -8.48. The van der Waals surface area contributed by atoms with Gasteiger partial charge in [0.1, 0.15) is 35.0 Å². The molecule has 0 bridgehead atoms. The van der Waals surface area contributed by atoms with Crippen molar-refractivity contribution in [3.63, 3.8) is 0 Å². The number of alkyl carbamates (subject to hydrolysis) is 2. The molecule has 0 aromatic heterocycles. The molecule has 0 unspecified atom stereocenters. The second kappa shape index (κ2) is 29.5. The topological polar surface area (TPSA) is 281 Å². The van der Waals surface area contributed by atoms with Gasteiger partial charge in [-0.05, 0) is 127 Å². The van der Waals surface area contributed by atoms with Crippen LogP contribution in [0.3, 0.4) is 0 Å². The average Bonchev–Trinajstić information content (AvgIpc) is 4.15. The molecule has 5 amide bonds. The van der Waals surface area contributed by atoms with E-state index in [4.69, 9.17) is 29.8 Å². The number of rotatable bonds is 17. The van der Waals surface area contributed by atoms with Crippen LogP contribution in [0.25, 0.3) is 0 Å². The molecule has 4 aliphatic rings. The van der Waals surface area contributed by atoms with Crippen LogP contribution in [0.4, 0.5) is 62.1 Å². The van der Waals surface area contributed by atoms with Gasteiger partial charge in [0.25, 0.3) is 5.69 Å². The molecule has 0 aliphatic carbocycles. The number of nitrogens with zero attached hydrogens (tertiary/aromatic N) is 6. The molecule has 8 rings (SSSR count). The third kappa shape index (κ3) is 20.5. The van der Waals surface area contributed by atoms with Gasteiger partial charge >= 0.3 is 30.3 Å². The van der Waals surface area contributed by atoms with E-state index in [0.717, 1.165) is 49.4 Å². The molecular weight excluding hydrogens is 1080 g/mol. The zero-order chi connectivity index (χ0) is 60.4. The second-order valence-electron chi connectivity index (χ2n) is 22.1. The minimum atomic E-state index is -0.740. The lowest BCUT2D eigenvalue weighted by atomic mass is 10.1. The lowest BCUT2D eigenvalue weighted by Crippen LogP contribution is -2.49. The molecule has 0 radical (unpaired) electrons. The van der Waals surface area contributed by atoms with Crippen LogP contribution in [0.15, 0.2) is 84.9 Å². The maximum absolute atomic E-state index is 15.2. The quantitative estimate of drug-likeness (QED) is 0.0290. The van der Waals surface area contributed by atoms with Crippen molar-refractivity contribution in [1.29, 1.82) is 0 Å². The number of nitrogens with two attached hydrogens (primary N) is 1. The molecular formula is C58H76F2N10O13. The summed E-state index contributed by atoms with van der Waals surface area (Å²) < 4.78 is 50.7. The maximum Gasteiger partial charge on any atom is 0.414 e. The molecule has 4 aromatic rings. The van der Waals surface area contributed by atoms with Crippen LogP contribution in [0.1, 0.15) is 78.4 Å². The van der Waals surface area contributed by atoms with Crippen LogP contribution in [0.5, 0.6) is 0 Å². The largest absolute Gasteiger partial charge is 0.481 e. The number of benzene rings is 4. The third-order valence-corrected chi connectivity index (χ3v) is 13.2. The highest BCUT2D eigenvalue weighted by Gasteiger charge is 2.35. The summed E-state index contributed by atoms with van der Waals surface area (Å²) in [4.78, 5) is 89.8. The molecule has 4 saturated heterocycles. The number of ether oxygens (including phenoxy) is 4. The summed E-state index contributed by atoms with van der Waals surface area (Å²) in [5.74, 6) is -1.58. The standard InChI is InChI=1S/C29H36FN5O7.C19H27FN4O4.C10H13NO2/c1-29(2,3)42-27(37)31-18-23-19-34(28(38)41-23)22-11-12-25(24(30)17-22)32-13-15-33(16-14-32)26(36)6-4-5-20-7-9-21(10-8-20)35(39)40;1-19(2,3)28-17(25)22-11-14-12-24(18(26)27-14)13-4-5-16(15(20)10-13)23-8-6-21-7-9-23;11-9-6-4-8(5-7-9)2-1-3-10(12)13/h7-12,17,23H,4-6,13-16,18-19H2,1-3H3,(H,31,37);4-5,10,14,21H,6-9,11-12H2,1-3H3,(H,22,25);4-7H,1-3,11H2,(H,12,13)/t23-;14-;/m00./s1. The van der Waals surface area contributed by atoms with Crippen molar-refractivity contribution in [2.75, 3.05) is 104 Å². The first-order valence-corrected chi connectivity index (χ1v) is 27.6. The number of anilines is 5. The van der Waals surface area contributed by atoms with E-state index in [9.17, 15) is 43.3 Å². The predicted molar refractivity (Wildman–Crippen MR) is 308 cm³/mol. The first-order chi connectivity index (χ1) is 39.3. The number of hydrogen-bond donors (Lipinski definition) is 5. The average molecular weight is 1160 g/mol. The Kier molecular flexibility index (Phi) is 22.6. The van der Waals surface area contributed by atoms with E-state index in [2.05, 4.69) is 16.0 Å². The summed E-state index contributed by atoms with van der Waals surface area (Å²) in [5.41, 5.74) is 8.80. The van der Waals surface area contributed by atoms with Gasteiger partial charge < -0.3 is 60.4 Å². The Morgan fingerprint density at radius 2 is 1.11 bits per heavy atom. The molecule has 23 nitrogen and oxygen atoms in total. The fraction of sp³-hybridized carbons (Fsp3) is 0.483. The predicted octanol–water partition coefficient (Wildman–Crippen LogP) is 8.02. The number of halogens is 2. The minimum Gasteiger partial charge on any atom is -0.481 e. The number of aryl methyl sites for hydroxylation is 2. The maximum atomic E-state index is 15.2. The van der Waals surface area contributed by atoms with E-state index < -0.39 is 64.5 Å². The smallest absolute Gasteiger partial charge is 0.414 e. The van der Waals surface area contributed by atoms with Crippen molar-refractivity contribution < 1.29 is 66.5 Å². The number of aliphatic carboxylic acids is 1. The van der Waals surface area contributed by atoms with Gasteiger partial charge in [-0.2, -0.15) is 0 Å². The number of piperazine rings is 2. The first kappa shape index (κ1) is 63.7. The van der Waals surface area contributed by atoms with Gasteiger partial charge in [0.2, 0.25) is 5.91 Å². The molecule has 0 spiro atoms. The summed E-state index contributed by atoms with van der Waals surface area (Å²) in [6, 6.07) is 23.2. The molecule has 4 fully saturated rings. The minimum absolute atomic E-state index is 0.0237. The number of nitrogen functional groups attached to an aromatic ring is 1. The molecule has 450 valence electrons. The number of non-ortho nitro benzene ring substituents is 1. The van der Waals surface area contributed by atoms with E-state index >= 15 is 4.39 Å². The van der Waals surface area contributed by atoms with E-state index in [0.29, 0.717) is 74.6 Å². The van der Waals surface area contributed by atoms with Crippen molar-refractivity contribution in [2.24, 2.45) is 0 Å². The molecule has 6 N–H and O–H groups in total. The number of nitrogens with one attached hydrogen (secondary N) is 3. The van der Waals surface area contributed by atoms with Crippen LogP contribution in [-0.2, 0) is 41.4 Å². The zero-order valence-electron chi connectivity index (χ0n) is 47.8. The van der Waals surface area contributed by atoms with Crippen LogP contribution in [0.2, 0.25) is 0 Å². The van der Waals surface area contributed by atoms with E-state index in [1.54, 1.807) is 82.8 Å². The van der Waals surface area contributed by atoms with Gasteiger partial charge in [0.05, 0.1) is 53.9 Å². The first-order valence-electron chi connectivity index (χ1n) is 27.6. The second-order valence-corrected chi connectivity index (χ2v) is 22.1. The van der Waals surface area contributed by atoms with Crippen LogP contribution < -0.4 is 41.3 Å². The molecule has 0 saturated carbocycles. The van der Waals surface area contributed by atoms with E-state index in [-0.39, 0.29) is 50.0 Å². The summed E-state index contributed by atoms with van der Waals surface area (Å²) >= 11 is 0. The van der Waals surface area contributed by atoms with Crippen molar-refractivity contribution in [3.05, 3.63) is 118 Å². The molecule has 83 heavy (non-hydrogen) atoms. The summed E-state index contributed by atoms with van der Waals surface area (Å²) in [5, 5.41) is 27.6. The molecule has 4 heterocycles. The van der Waals surface area contributed by atoms with Gasteiger partial charge in [-0.15, -0.1) is 0 Å². The lowest BCUT2D eigenvalue weighted by molar-refractivity contribution is -0.384. The number of cyclic esters (lactones) is 2. The van der Waals surface area contributed by atoms with Gasteiger partial charge in [-0.3, -0.25) is 29.5 Å². The van der Waals surface area contributed by atoms with Crippen molar-refractivity contribution >= 4 is 70.4 Å². The number of nitro benzene ring substituents is 1. The number of nitro groups is 1. The van der Waals surface area contributed by atoms with Crippen molar-refractivity contribution in [1.82, 2.24) is 20.9 Å². The highest BCUT2D eigenvalue weighted by Crippen LogP contribution is 2.31. The Morgan fingerprint density at radius 1 is 0.675 bits per heavy atom. The monoisotopic (exact) mass is 1160 g/mol. The van der Waals surface area contributed by atoms with Crippen molar-refractivity contribution in [3.8, 4) is 0 Å². The normalized spacial score (nSPS) is 17.0. The fourth-order valence-corrected chi connectivity index (χ4v) is 9.16. The fourth-order valence-electron chi connectivity index (χ4n) is 9.16. The van der Waals surface area contributed by atoms with Crippen LogP contribution in [-0.4, -0.2) is 153 Å². The van der Waals surface area contributed by atoms with E-state index in [1.165, 1.54) is 34.1 Å². The van der Waals surface area contributed by atoms with E-state index in [1.807, 2.05) is 34.1 Å². The highest BCUT2D eigenvalue weighted by atomic mass is 19.1. The highest BCUT2D eigenvalue weighted by molar-refractivity contribution is 5.91. The Labute approximate surface area is 481 Å². The van der Waals surface area contributed by atoms with Crippen molar-refractivity contribution in [2.45, 2.75) is 103 Å².